The SMILES string of the molecule is C=CN(C(=O)I)[C@@H]1O[C@H](COP(=O)(N[C@@H](C)C(=O)OC(C)C)Oc2ccc(-c3ccc(Cl)cc3)cc2)[C@@H](O)[C@@]1(C)F. The number of carbonyl (C=O) groups excluding carboxylic acids is 2. The molecule has 1 amide bonds. The number of aliphatic hydroxyl groups is 1. The molecule has 1 aliphatic heterocycles. The third-order valence-corrected chi connectivity index (χ3v) is 8.55. The van der Waals surface area contributed by atoms with E-state index in [0.29, 0.717) is 5.02 Å². The second kappa shape index (κ2) is 13.9. The van der Waals surface area contributed by atoms with Gasteiger partial charge in [0.15, 0.2) is 11.9 Å². The largest absolute Gasteiger partial charge is 0.462 e. The van der Waals surface area contributed by atoms with Gasteiger partial charge in [-0.25, -0.2) is 8.96 Å². The van der Waals surface area contributed by atoms with Crippen LogP contribution in [0.5, 0.6) is 5.75 Å². The summed E-state index contributed by atoms with van der Waals surface area (Å²) >= 11 is 7.40. The van der Waals surface area contributed by atoms with Crippen LogP contribution in [0.3, 0.4) is 0 Å². The number of halogens is 3. The Bertz CT molecular complexity index is 1280. The van der Waals surface area contributed by atoms with Gasteiger partial charge in [-0.3, -0.25) is 19.0 Å². The van der Waals surface area contributed by atoms with Gasteiger partial charge < -0.3 is 19.1 Å². The molecule has 41 heavy (non-hydrogen) atoms. The molecule has 1 aliphatic rings. The van der Waals surface area contributed by atoms with Crippen LogP contribution < -0.4 is 9.61 Å². The van der Waals surface area contributed by atoms with E-state index in [-0.39, 0.29) is 5.75 Å². The highest BCUT2D eigenvalue weighted by Crippen LogP contribution is 2.47. The summed E-state index contributed by atoms with van der Waals surface area (Å²) in [5.41, 5.74) is -0.690. The molecule has 0 radical (unpaired) electrons. The number of hydrogen-bond donors (Lipinski definition) is 2. The molecule has 10 nitrogen and oxygen atoms in total. The van der Waals surface area contributed by atoms with Crippen LogP contribution in [0, 0.1) is 0 Å². The summed E-state index contributed by atoms with van der Waals surface area (Å²) < 4.78 is 50.8. The molecule has 0 aromatic heterocycles. The minimum atomic E-state index is -4.36. The first kappa shape index (κ1) is 33.4. The maximum Gasteiger partial charge on any atom is 0.459 e. The molecule has 1 saturated heterocycles. The van der Waals surface area contributed by atoms with Crippen LogP contribution in [0.4, 0.5) is 9.18 Å². The number of esters is 1. The van der Waals surface area contributed by atoms with Crippen molar-refractivity contribution in [2.75, 3.05) is 6.61 Å². The van der Waals surface area contributed by atoms with E-state index in [0.717, 1.165) is 29.2 Å². The zero-order valence-electron chi connectivity index (χ0n) is 22.8. The number of alkyl halides is 1. The van der Waals surface area contributed by atoms with Crippen molar-refractivity contribution in [3.05, 3.63) is 66.3 Å². The predicted molar refractivity (Wildman–Crippen MR) is 161 cm³/mol. The molecule has 0 aliphatic carbocycles. The summed E-state index contributed by atoms with van der Waals surface area (Å²) in [6.45, 7) is 8.68. The Morgan fingerprint density at radius 2 is 1.78 bits per heavy atom. The molecule has 1 fully saturated rings. The highest BCUT2D eigenvalue weighted by atomic mass is 127. The lowest BCUT2D eigenvalue weighted by molar-refractivity contribution is -0.149. The van der Waals surface area contributed by atoms with Gasteiger partial charge in [-0.15, -0.1) is 0 Å². The zero-order chi connectivity index (χ0) is 30.5. The third kappa shape index (κ3) is 8.50. The van der Waals surface area contributed by atoms with Crippen molar-refractivity contribution in [1.82, 2.24) is 9.99 Å². The van der Waals surface area contributed by atoms with E-state index in [4.69, 9.17) is 30.1 Å². The molecule has 1 unspecified atom stereocenters. The van der Waals surface area contributed by atoms with Crippen molar-refractivity contribution in [3.63, 3.8) is 0 Å². The maximum atomic E-state index is 15.5. The van der Waals surface area contributed by atoms with E-state index < -0.39 is 60.5 Å². The third-order valence-electron chi connectivity index (χ3n) is 6.09. The van der Waals surface area contributed by atoms with Gasteiger partial charge in [0.2, 0.25) is 0 Å². The summed E-state index contributed by atoms with van der Waals surface area (Å²) in [5.74, 6) is -0.571. The van der Waals surface area contributed by atoms with Crippen LogP contribution in [0.2, 0.25) is 5.02 Å². The van der Waals surface area contributed by atoms with Crippen molar-refractivity contribution in [1.29, 1.82) is 0 Å². The van der Waals surface area contributed by atoms with E-state index in [1.54, 1.807) is 50.2 Å². The van der Waals surface area contributed by atoms with Crippen molar-refractivity contribution < 1.29 is 42.2 Å². The number of aliphatic hydroxyl groups excluding tert-OH is 1. The highest BCUT2D eigenvalue weighted by molar-refractivity contribution is 14.1. The predicted octanol–water partition coefficient (Wildman–Crippen LogP) is 6.25. The Kier molecular flexibility index (Phi) is 11.4. The number of nitrogens with one attached hydrogen (secondary N) is 1. The maximum absolute atomic E-state index is 15.5. The van der Waals surface area contributed by atoms with Crippen LogP contribution in [0.1, 0.15) is 27.7 Å². The average Bonchev–Trinajstić information content (AvgIpc) is 3.12. The number of carbonyl (C=O) groups is 2. The van der Waals surface area contributed by atoms with Gasteiger partial charge in [-0.2, -0.15) is 5.09 Å². The smallest absolute Gasteiger partial charge is 0.459 e. The number of nitrogens with zero attached hydrogens (tertiary/aromatic N) is 1. The van der Waals surface area contributed by atoms with Gasteiger partial charge >= 0.3 is 13.7 Å². The Balaban J connectivity index is 1.81. The molecule has 0 saturated carbocycles. The number of benzene rings is 2. The van der Waals surface area contributed by atoms with Crippen LogP contribution in [-0.4, -0.2) is 62.7 Å². The lowest BCUT2D eigenvalue weighted by Crippen LogP contribution is -2.49. The van der Waals surface area contributed by atoms with Gasteiger partial charge in [0.1, 0.15) is 24.0 Å². The first-order chi connectivity index (χ1) is 19.2. The fraction of sp³-hybridized carbons (Fsp3) is 0.407. The number of amides is 1. The van der Waals surface area contributed by atoms with E-state index in [1.165, 1.54) is 29.5 Å². The van der Waals surface area contributed by atoms with Gasteiger partial charge in [-0.05, 0) is 63.1 Å². The van der Waals surface area contributed by atoms with Crippen molar-refractivity contribution in [3.8, 4) is 16.9 Å². The Morgan fingerprint density at radius 3 is 2.29 bits per heavy atom. The topological polar surface area (TPSA) is 124 Å². The lowest BCUT2D eigenvalue weighted by Gasteiger charge is -2.30. The highest BCUT2D eigenvalue weighted by Gasteiger charge is 2.57. The number of rotatable bonds is 12. The van der Waals surface area contributed by atoms with Gasteiger partial charge in [-0.1, -0.05) is 42.4 Å². The van der Waals surface area contributed by atoms with Crippen LogP contribution in [0.15, 0.2) is 61.3 Å². The molecule has 0 spiro atoms. The lowest BCUT2D eigenvalue weighted by atomic mass is 9.98. The second-order valence-corrected chi connectivity index (χ2v) is 12.8. The molecule has 2 aromatic carbocycles. The van der Waals surface area contributed by atoms with Gasteiger partial charge in [0, 0.05) is 33.8 Å². The fourth-order valence-corrected chi connectivity index (χ4v) is 6.06. The molecule has 3 rings (SSSR count). The normalized spacial score (nSPS) is 24.4. The van der Waals surface area contributed by atoms with Crippen molar-refractivity contribution >= 4 is 51.8 Å². The van der Waals surface area contributed by atoms with E-state index in [2.05, 4.69) is 11.7 Å². The summed E-state index contributed by atoms with van der Waals surface area (Å²) in [7, 11) is -4.36. The summed E-state index contributed by atoms with van der Waals surface area (Å²) in [5, 5.41) is 13.8. The Morgan fingerprint density at radius 1 is 1.22 bits per heavy atom. The van der Waals surface area contributed by atoms with Crippen molar-refractivity contribution in [2.45, 2.75) is 63.9 Å². The summed E-state index contributed by atoms with van der Waals surface area (Å²) in [6.07, 6.45) is -3.97. The number of hydrogen-bond acceptors (Lipinski definition) is 8. The van der Waals surface area contributed by atoms with Crippen molar-refractivity contribution in [2.24, 2.45) is 0 Å². The fourth-order valence-electron chi connectivity index (χ4n) is 3.99. The minimum Gasteiger partial charge on any atom is -0.462 e. The van der Waals surface area contributed by atoms with E-state index in [9.17, 15) is 19.3 Å². The van der Waals surface area contributed by atoms with Crippen LogP contribution in [0.25, 0.3) is 11.1 Å². The van der Waals surface area contributed by atoms with Crippen LogP contribution in [-0.2, 0) is 23.4 Å². The van der Waals surface area contributed by atoms with E-state index in [1.807, 2.05) is 12.1 Å². The number of ether oxygens (including phenoxy) is 2. The molecule has 14 heteroatoms. The Labute approximate surface area is 256 Å². The molecule has 2 aromatic rings. The van der Waals surface area contributed by atoms with Crippen LogP contribution >= 0.6 is 41.9 Å². The molecular weight excluding hydrogens is 693 g/mol. The monoisotopic (exact) mass is 724 g/mol. The minimum absolute atomic E-state index is 0.136. The summed E-state index contributed by atoms with van der Waals surface area (Å²) in [6, 6.07) is 12.6. The zero-order valence-corrected chi connectivity index (χ0v) is 26.6. The first-order valence-electron chi connectivity index (χ1n) is 12.6. The molecule has 224 valence electrons. The molecule has 2 N–H and O–H groups in total. The van der Waals surface area contributed by atoms with Gasteiger partial charge in [0.25, 0.3) is 3.91 Å². The quantitative estimate of drug-likeness (QED) is 0.0860. The molecule has 6 atom stereocenters. The molecular formula is C27H32ClFIN2O8P. The average molecular weight is 725 g/mol. The second-order valence-electron chi connectivity index (χ2n) is 9.72. The summed E-state index contributed by atoms with van der Waals surface area (Å²) in [4.78, 5) is 25.3. The molecule has 1 heterocycles. The van der Waals surface area contributed by atoms with E-state index >= 15 is 4.39 Å². The Hall–Kier alpha value is -2.06. The van der Waals surface area contributed by atoms with Gasteiger partial charge in [0.05, 0.1) is 12.7 Å². The standard InChI is InChI=1S/C27H32ClFIN2O8P/c1-6-32(26(30)35)25-27(5,29)23(33)22(39-25)15-37-41(36,31-17(4)24(34)38-16(2)3)40-21-13-9-19(10-14-21)18-7-11-20(28)12-8-18/h6-14,16-17,22-23,25,33H,1,15H2,2-5H3,(H,31,36)/t17-,22+,23+,25+,27+,41?/m0/s1. The first-order valence-corrected chi connectivity index (χ1v) is 15.6. The molecule has 0 bridgehead atoms.